The lowest BCUT2D eigenvalue weighted by Crippen LogP contribution is -2.38. The molecule has 0 aromatic rings. The summed E-state index contributed by atoms with van der Waals surface area (Å²) in [7, 11) is 0. The third kappa shape index (κ3) is 1.11. The predicted octanol–water partition coefficient (Wildman–Crippen LogP) is 0.743. The van der Waals surface area contributed by atoms with Gasteiger partial charge >= 0.3 is 0 Å². The minimum Gasteiger partial charge on any atom is -0.290 e. The third-order valence-electron chi connectivity index (χ3n) is 2.16. The maximum Gasteiger partial charge on any atom is 0.241 e. The highest BCUT2D eigenvalue weighted by molar-refractivity contribution is 5.77. The number of hydrogen-bond acceptors (Lipinski definition) is 2. The summed E-state index contributed by atoms with van der Waals surface area (Å²) >= 11 is 0. The number of rotatable bonds is 1. The molecule has 2 rings (SSSR count). The van der Waals surface area contributed by atoms with Gasteiger partial charge in [-0.15, -0.1) is 0 Å². The van der Waals surface area contributed by atoms with E-state index in [2.05, 4.69) is 6.08 Å². The van der Waals surface area contributed by atoms with Crippen LogP contribution in [0.2, 0.25) is 0 Å². The molecule has 2 aliphatic heterocycles. The van der Waals surface area contributed by atoms with E-state index in [1.807, 2.05) is 16.2 Å². The van der Waals surface area contributed by atoms with Gasteiger partial charge < -0.3 is 0 Å². The van der Waals surface area contributed by atoms with Gasteiger partial charge in [-0.1, -0.05) is 6.08 Å². The lowest BCUT2D eigenvalue weighted by Gasteiger charge is -2.27. The van der Waals surface area contributed by atoms with Crippen LogP contribution in [0.4, 0.5) is 0 Å². The van der Waals surface area contributed by atoms with Crippen LogP contribution >= 0.6 is 0 Å². The predicted molar refractivity (Wildman–Crippen MR) is 41.4 cm³/mol. The maximum absolute atomic E-state index is 11.2. The van der Waals surface area contributed by atoms with Crippen LogP contribution in [-0.2, 0) is 4.79 Å². The van der Waals surface area contributed by atoms with Crippen molar-refractivity contribution in [2.24, 2.45) is 0 Å². The smallest absolute Gasteiger partial charge is 0.241 e. The molecule has 1 fully saturated rings. The number of nitrogens with zero attached hydrogens (tertiary/aromatic N) is 2. The molecule has 0 N–H and O–H groups in total. The van der Waals surface area contributed by atoms with Gasteiger partial charge in [-0.2, -0.15) is 0 Å². The number of amides is 1. The van der Waals surface area contributed by atoms with E-state index in [1.165, 1.54) is 0 Å². The van der Waals surface area contributed by atoms with Crippen molar-refractivity contribution in [3.05, 3.63) is 12.3 Å². The Balaban J connectivity index is 2.03. The van der Waals surface area contributed by atoms with Crippen LogP contribution in [0.5, 0.6) is 0 Å². The van der Waals surface area contributed by atoms with Gasteiger partial charge in [-0.05, 0) is 12.8 Å². The van der Waals surface area contributed by atoms with Gasteiger partial charge in [0.15, 0.2) is 0 Å². The molecule has 60 valence electrons. The molecule has 11 heavy (non-hydrogen) atoms. The minimum atomic E-state index is 0.275. The summed E-state index contributed by atoms with van der Waals surface area (Å²) in [6, 6.07) is 0. The molecule has 0 aliphatic carbocycles. The maximum atomic E-state index is 11.2. The van der Waals surface area contributed by atoms with Crippen LogP contribution in [0.1, 0.15) is 19.3 Å². The summed E-state index contributed by atoms with van der Waals surface area (Å²) in [5.41, 5.74) is 0. The average Bonchev–Trinajstić information content (AvgIpc) is 2.55. The van der Waals surface area contributed by atoms with E-state index in [-0.39, 0.29) is 5.91 Å². The highest BCUT2D eigenvalue weighted by Gasteiger charge is 2.24. The van der Waals surface area contributed by atoms with Crippen molar-refractivity contribution in [2.75, 3.05) is 13.1 Å². The molecule has 3 nitrogen and oxygen atoms in total. The molecular formula is C8H12N2O. The van der Waals surface area contributed by atoms with Crippen LogP contribution in [0.15, 0.2) is 12.3 Å². The Morgan fingerprint density at radius 1 is 1.36 bits per heavy atom. The van der Waals surface area contributed by atoms with Crippen molar-refractivity contribution in [3.63, 3.8) is 0 Å². The molecule has 0 aromatic carbocycles. The van der Waals surface area contributed by atoms with Crippen LogP contribution in [0.3, 0.4) is 0 Å². The Hall–Kier alpha value is -0.990. The first kappa shape index (κ1) is 6.70. The van der Waals surface area contributed by atoms with Gasteiger partial charge in [0.1, 0.15) is 0 Å². The number of carbonyl (C=O) groups is 1. The van der Waals surface area contributed by atoms with E-state index in [4.69, 9.17) is 0 Å². The van der Waals surface area contributed by atoms with Crippen LogP contribution < -0.4 is 0 Å². The zero-order valence-corrected chi connectivity index (χ0v) is 6.49. The van der Waals surface area contributed by atoms with Crippen LogP contribution in [0, 0.1) is 0 Å². The molecule has 2 aliphatic rings. The number of hydrazine groups is 1. The molecule has 2 heterocycles. The van der Waals surface area contributed by atoms with Gasteiger partial charge in [0.2, 0.25) is 5.91 Å². The summed E-state index contributed by atoms with van der Waals surface area (Å²) in [4.78, 5) is 11.2. The van der Waals surface area contributed by atoms with E-state index in [0.29, 0.717) is 0 Å². The first-order chi connectivity index (χ1) is 5.38. The molecule has 0 unspecified atom stereocenters. The molecule has 0 radical (unpaired) electrons. The van der Waals surface area contributed by atoms with E-state index in [9.17, 15) is 4.79 Å². The Labute approximate surface area is 66.2 Å². The molecule has 0 saturated carbocycles. The third-order valence-corrected chi connectivity index (χ3v) is 2.16. The van der Waals surface area contributed by atoms with Crippen LogP contribution in [0.25, 0.3) is 0 Å². The molecule has 1 amide bonds. The Kier molecular flexibility index (Phi) is 1.56. The monoisotopic (exact) mass is 152 g/mol. The largest absolute Gasteiger partial charge is 0.290 e. The zero-order valence-electron chi connectivity index (χ0n) is 6.49. The standard InChI is InChI=1S/C8H12N2O/c11-8-4-3-7-10(8)9-5-1-2-6-9/h1,5H,2-4,6-7H2. The highest BCUT2D eigenvalue weighted by atomic mass is 16.2. The van der Waals surface area contributed by atoms with Crippen molar-refractivity contribution < 1.29 is 4.79 Å². The van der Waals surface area contributed by atoms with Crippen molar-refractivity contribution >= 4 is 5.91 Å². The fourth-order valence-corrected chi connectivity index (χ4v) is 1.58. The Morgan fingerprint density at radius 3 is 2.82 bits per heavy atom. The minimum absolute atomic E-state index is 0.275. The van der Waals surface area contributed by atoms with Crippen molar-refractivity contribution in [2.45, 2.75) is 19.3 Å². The summed E-state index contributed by atoms with van der Waals surface area (Å²) in [6.45, 7) is 1.88. The van der Waals surface area contributed by atoms with Gasteiger partial charge in [0, 0.05) is 25.7 Å². The quantitative estimate of drug-likeness (QED) is 0.553. The lowest BCUT2D eigenvalue weighted by atomic mass is 10.4. The van der Waals surface area contributed by atoms with E-state index >= 15 is 0 Å². The Bertz CT molecular complexity index is 200. The highest BCUT2D eigenvalue weighted by Crippen LogP contribution is 2.16. The van der Waals surface area contributed by atoms with Crippen molar-refractivity contribution in [1.29, 1.82) is 0 Å². The molecular weight excluding hydrogens is 140 g/mol. The van der Waals surface area contributed by atoms with Crippen molar-refractivity contribution in [1.82, 2.24) is 10.0 Å². The zero-order chi connectivity index (χ0) is 7.68. The van der Waals surface area contributed by atoms with Gasteiger partial charge in [-0.25, -0.2) is 0 Å². The average molecular weight is 152 g/mol. The topological polar surface area (TPSA) is 23.6 Å². The summed E-state index contributed by atoms with van der Waals surface area (Å²) < 4.78 is 0. The Morgan fingerprint density at radius 2 is 2.27 bits per heavy atom. The fraction of sp³-hybridized carbons (Fsp3) is 0.625. The molecule has 0 atom stereocenters. The van der Waals surface area contributed by atoms with Gasteiger partial charge in [-0.3, -0.25) is 14.8 Å². The van der Waals surface area contributed by atoms with E-state index in [0.717, 1.165) is 32.4 Å². The molecule has 1 saturated heterocycles. The number of hydrogen-bond donors (Lipinski definition) is 0. The molecule has 0 aromatic heterocycles. The first-order valence-electron chi connectivity index (χ1n) is 4.11. The van der Waals surface area contributed by atoms with E-state index < -0.39 is 0 Å². The van der Waals surface area contributed by atoms with Crippen LogP contribution in [-0.4, -0.2) is 29.0 Å². The molecule has 3 heteroatoms. The van der Waals surface area contributed by atoms with E-state index in [1.54, 1.807) is 0 Å². The molecule has 0 spiro atoms. The second-order valence-corrected chi connectivity index (χ2v) is 2.96. The van der Waals surface area contributed by atoms with Gasteiger partial charge in [0.25, 0.3) is 0 Å². The number of carbonyl (C=O) groups excluding carboxylic acids is 1. The first-order valence-corrected chi connectivity index (χ1v) is 4.11. The lowest BCUT2D eigenvalue weighted by molar-refractivity contribution is -0.138. The fourth-order valence-electron chi connectivity index (χ4n) is 1.58. The second kappa shape index (κ2) is 2.57. The summed E-state index contributed by atoms with van der Waals surface area (Å²) in [5, 5.41) is 3.87. The van der Waals surface area contributed by atoms with Crippen molar-refractivity contribution in [3.8, 4) is 0 Å². The summed E-state index contributed by atoms with van der Waals surface area (Å²) in [5.74, 6) is 0.275. The normalized spacial score (nSPS) is 23.8. The molecule has 0 bridgehead atoms. The van der Waals surface area contributed by atoms with Gasteiger partial charge in [0.05, 0.1) is 0 Å². The summed E-state index contributed by atoms with van der Waals surface area (Å²) in [6.07, 6.45) is 6.92. The SMILES string of the molecule is O=C1CCCN1N1C=CCC1. The second-order valence-electron chi connectivity index (χ2n) is 2.96.